The van der Waals surface area contributed by atoms with Gasteiger partial charge in [0.2, 0.25) is 0 Å². The Morgan fingerprint density at radius 1 is 1.31 bits per heavy atom. The summed E-state index contributed by atoms with van der Waals surface area (Å²) in [5.74, 6) is 0. The van der Waals surface area contributed by atoms with E-state index in [-0.39, 0.29) is 0 Å². The maximum Gasteiger partial charge on any atom is 0.0595 e. The topological polar surface area (TPSA) is 12.9 Å². The van der Waals surface area contributed by atoms with Gasteiger partial charge < -0.3 is 0 Å². The minimum Gasteiger partial charge on any atom is -0.263 e. The highest BCUT2D eigenvalue weighted by Gasteiger charge is 2.02. The average molecular weight is 210 g/mol. The standard InChI is InChI=1S/C10H8ClNS/c1-7-5-13-6-10(7)8-2-9(11)4-12-3-8/h2-6H,1H3. The van der Waals surface area contributed by atoms with Crippen LogP contribution in [0.1, 0.15) is 5.56 Å². The maximum atomic E-state index is 5.85. The molecule has 0 fully saturated rings. The van der Waals surface area contributed by atoms with Crippen molar-refractivity contribution in [2.45, 2.75) is 6.92 Å². The molecule has 13 heavy (non-hydrogen) atoms. The average Bonchev–Trinajstić information content (AvgIpc) is 2.51. The van der Waals surface area contributed by atoms with Gasteiger partial charge in [0.05, 0.1) is 5.02 Å². The number of hydrogen-bond acceptors (Lipinski definition) is 2. The summed E-state index contributed by atoms with van der Waals surface area (Å²) >= 11 is 7.55. The van der Waals surface area contributed by atoms with Crippen molar-refractivity contribution in [3.63, 3.8) is 0 Å². The summed E-state index contributed by atoms with van der Waals surface area (Å²) in [5.41, 5.74) is 3.58. The molecule has 0 aliphatic carbocycles. The lowest BCUT2D eigenvalue weighted by Gasteiger charge is -1.99. The Morgan fingerprint density at radius 2 is 2.15 bits per heavy atom. The summed E-state index contributed by atoms with van der Waals surface area (Å²) in [7, 11) is 0. The van der Waals surface area contributed by atoms with E-state index in [1.54, 1.807) is 17.5 Å². The van der Waals surface area contributed by atoms with E-state index in [4.69, 9.17) is 11.6 Å². The highest BCUT2D eigenvalue weighted by atomic mass is 35.5. The first kappa shape index (κ1) is 8.73. The Kier molecular flexibility index (Phi) is 2.34. The number of pyridine rings is 1. The van der Waals surface area contributed by atoms with Gasteiger partial charge in [-0.05, 0) is 34.9 Å². The number of hydrogen-bond donors (Lipinski definition) is 0. The van der Waals surface area contributed by atoms with Crippen LogP contribution in [0.25, 0.3) is 11.1 Å². The second-order valence-electron chi connectivity index (χ2n) is 2.86. The second-order valence-corrected chi connectivity index (χ2v) is 4.04. The van der Waals surface area contributed by atoms with Crippen molar-refractivity contribution in [1.82, 2.24) is 4.98 Å². The van der Waals surface area contributed by atoms with Gasteiger partial charge in [-0.2, -0.15) is 11.3 Å². The quantitative estimate of drug-likeness (QED) is 0.697. The first-order valence-corrected chi connectivity index (χ1v) is 5.23. The Hall–Kier alpha value is -0.860. The molecule has 2 rings (SSSR count). The summed E-state index contributed by atoms with van der Waals surface area (Å²) in [5, 5.41) is 4.92. The highest BCUT2D eigenvalue weighted by Crippen LogP contribution is 2.27. The number of halogens is 1. The smallest absolute Gasteiger partial charge is 0.0595 e. The molecule has 0 saturated heterocycles. The molecule has 0 aliphatic heterocycles. The molecule has 2 aromatic heterocycles. The molecule has 0 unspecified atom stereocenters. The second kappa shape index (κ2) is 3.48. The molecule has 0 aromatic carbocycles. The summed E-state index contributed by atoms with van der Waals surface area (Å²) in [6, 6.07) is 1.93. The molecule has 0 radical (unpaired) electrons. The maximum absolute atomic E-state index is 5.85. The summed E-state index contributed by atoms with van der Waals surface area (Å²) in [6.07, 6.45) is 3.48. The third-order valence-corrected chi connectivity index (χ3v) is 2.94. The zero-order valence-electron chi connectivity index (χ0n) is 7.12. The van der Waals surface area contributed by atoms with Crippen molar-refractivity contribution in [1.29, 1.82) is 0 Å². The fourth-order valence-electron chi connectivity index (χ4n) is 1.22. The molecular formula is C10H8ClNS. The van der Waals surface area contributed by atoms with Crippen LogP contribution in [0.5, 0.6) is 0 Å². The van der Waals surface area contributed by atoms with Crippen LogP contribution in [0.4, 0.5) is 0 Å². The largest absolute Gasteiger partial charge is 0.263 e. The van der Waals surface area contributed by atoms with Crippen LogP contribution in [0.3, 0.4) is 0 Å². The lowest BCUT2D eigenvalue weighted by Crippen LogP contribution is -1.79. The fourth-order valence-corrected chi connectivity index (χ4v) is 2.25. The van der Waals surface area contributed by atoms with Crippen LogP contribution < -0.4 is 0 Å². The predicted octanol–water partition coefficient (Wildman–Crippen LogP) is 3.77. The summed E-state index contributed by atoms with van der Waals surface area (Å²) in [4.78, 5) is 4.05. The van der Waals surface area contributed by atoms with Gasteiger partial charge in [0.1, 0.15) is 0 Å². The van der Waals surface area contributed by atoms with Crippen molar-refractivity contribution in [3.8, 4) is 11.1 Å². The van der Waals surface area contributed by atoms with Gasteiger partial charge in [-0.3, -0.25) is 4.98 Å². The number of rotatable bonds is 1. The van der Waals surface area contributed by atoms with E-state index in [1.807, 2.05) is 12.3 Å². The van der Waals surface area contributed by atoms with Gasteiger partial charge >= 0.3 is 0 Å². The lowest BCUT2D eigenvalue weighted by atomic mass is 10.1. The predicted molar refractivity (Wildman–Crippen MR) is 57.3 cm³/mol. The van der Waals surface area contributed by atoms with Gasteiger partial charge in [0, 0.05) is 18.0 Å². The molecule has 1 nitrogen and oxygen atoms in total. The molecule has 0 spiro atoms. The van der Waals surface area contributed by atoms with Crippen LogP contribution in [0.2, 0.25) is 5.02 Å². The van der Waals surface area contributed by atoms with E-state index in [0.717, 1.165) is 5.56 Å². The molecule has 0 aliphatic rings. The zero-order valence-corrected chi connectivity index (χ0v) is 8.69. The van der Waals surface area contributed by atoms with Crippen molar-refractivity contribution < 1.29 is 0 Å². The van der Waals surface area contributed by atoms with Crippen LogP contribution >= 0.6 is 22.9 Å². The van der Waals surface area contributed by atoms with Gasteiger partial charge in [0.15, 0.2) is 0 Å². The first-order valence-electron chi connectivity index (χ1n) is 3.91. The van der Waals surface area contributed by atoms with E-state index in [1.165, 1.54) is 11.1 Å². The molecule has 66 valence electrons. The van der Waals surface area contributed by atoms with Gasteiger partial charge in [-0.1, -0.05) is 11.6 Å². The third kappa shape index (κ3) is 1.74. The molecule has 2 heterocycles. The third-order valence-electron chi connectivity index (χ3n) is 1.87. The van der Waals surface area contributed by atoms with Crippen LogP contribution in [-0.4, -0.2) is 4.98 Å². The monoisotopic (exact) mass is 209 g/mol. The molecule has 0 amide bonds. The molecule has 2 aromatic rings. The number of nitrogens with zero attached hydrogens (tertiary/aromatic N) is 1. The van der Waals surface area contributed by atoms with Crippen LogP contribution in [0.15, 0.2) is 29.2 Å². The van der Waals surface area contributed by atoms with Crippen LogP contribution in [0, 0.1) is 6.92 Å². The van der Waals surface area contributed by atoms with Crippen LogP contribution in [-0.2, 0) is 0 Å². The Morgan fingerprint density at radius 3 is 2.77 bits per heavy atom. The van der Waals surface area contributed by atoms with E-state index in [2.05, 4.69) is 22.7 Å². The minimum atomic E-state index is 0.683. The van der Waals surface area contributed by atoms with Gasteiger partial charge in [0.25, 0.3) is 0 Å². The molecule has 0 N–H and O–H groups in total. The molecule has 0 atom stereocenters. The number of thiophene rings is 1. The molecule has 0 saturated carbocycles. The fraction of sp³-hybridized carbons (Fsp3) is 0.100. The normalized spacial score (nSPS) is 10.3. The van der Waals surface area contributed by atoms with E-state index in [0.29, 0.717) is 5.02 Å². The molecular weight excluding hydrogens is 202 g/mol. The molecule has 3 heteroatoms. The number of aromatic nitrogens is 1. The SMILES string of the molecule is Cc1cscc1-c1cncc(Cl)c1. The summed E-state index contributed by atoms with van der Waals surface area (Å²) < 4.78 is 0. The number of aryl methyl sites for hydroxylation is 1. The Labute approximate surface area is 86.0 Å². The van der Waals surface area contributed by atoms with E-state index < -0.39 is 0 Å². The van der Waals surface area contributed by atoms with Gasteiger partial charge in [-0.25, -0.2) is 0 Å². The zero-order chi connectivity index (χ0) is 9.26. The van der Waals surface area contributed by atoms with Crippen molar-refractivity contribution in [2.75, 3.05) is 0 Å². The highest BCUT2D eigenvalue weighted by molar-refractivity contribution is 7.08. The van der Waals surface area contributed by atoms with Gasteiger partial charge in [-0.15, -0.1) is 0 Å². The van der Waals surface area contributed by atoms with Crippen molar-refractivity contribution in [3.05, 3.63) is 39.8 Å². The van der Waals surface area contributed by atoms with E-state index in [9.17, 15) is 0 Å². The van der Waals surface area contributed by atoms with Crippen molar-refractivity contribution >= 4 is 22.9 Å². The van der Waals surface area contributed by atoms with E-state index >= 15 is 0 Å². The Bertz CT molecular complexity index is 422. The summed E-state index contributed by atoms with van der Waals surface area (Å²) in [6.45, 7) is 2.09. The minimum absolute atomic E-state index is 0.683. The molecule has 0 bridgehead atoms. The Balaban J connectivity index is 2.53. The lowest BCUT2D eigenvalue weighted by molar-refractivity contribution is 1.33. The van der Waals surface area contributed by atoms with Crippen molar-refractivity contribution in [2.24, 2.45) is 0 Å². The first-order chi connectivity index (χ1) is 6.27.